The first-order chi connectivity index (χ1) is 12.2. The fourth-order valence-corrected chi connectivity index (χ4v) is 3.35. The largest absolute Gasteiger partial charge is 0.296 e. The summed E-state index contributed by atoms with van der Waals surface area (Å²) in [6, 6.07) is 20.9. The first kappa shape index (κ1) is 15.7. The van der Waals surface area contributed by atoms with Crippen molar-refractivity contribution < 1.29 is 4.79 Å². The Hall–Kier alpha value is -2.76. The Kier molecular flexibility index (Phi) is 4.17. The van der Waals surface area contributed by atoms with Crippen LogP contribution in [-0.4, -0.2) is 16.1 Å². The number of hydrogen-bond donors (Lipinski definition) is 1. The van der Waals surface area contributed by atoms with Crippen molar-refractivity contribution in [2.75, 3.05) is 5.32 Å². The first-order valence-corrected chi connectivity index (χ1v) is 8.78. The molecule has 6 heteroatoms. The monoisotopic (exact) mass is 365 g/mol. The summed E-state index contributed by atoms with van der Waals surface area (Å²) in [5, 5.41) is 14.9. The van der Waals surface area contributed by atoms with Crippen LogP contribution in [0, 0.1) is 0 Å². The Bertz CT molecular complexity index is 1060. The number of carbonyl (C=O) groups is 1. The average Bonchev–Trinajstić information content (AvgIpc) is 3.10. The Morgan fingerprint density at radius 3 is 2.48 bits per heavy atom. The van der Waals surface area contributed by atoms with Gasteiger partial charge in [0.25, 0.3) is 5.91 Å². The summed E-state index contributed by atoms with van der Waals surface area (Å²) in [7, 11) is 0. The highest BCUT2D eigenvalue weighted by Gasteiger charge is 2.11. The van der Waals surface area contributed by atoms with E-state index < -0.39 is 0 Å². The lowest BCUT2D eigenvalue weighted by atomic mass is 10.1. The molecule has 0 radical (unpaired) electrons. The summed E-state index contributed by atoms with van der Waals surface area (Å²) in [6.07, 6.45) is 0. The summed E-state index contributed by atoms with van der Waals surface area (Å²) >= 11 is 7.21. The number of rotatable bonds is 3. The SMILES string of the molecule is O=C(Nc1nnc(-c2ccc(Cl)cc2)s1)c1ccc2ccccc2c1. The van der Waals surface area contributed by atoms with Gasteiger partial charge in [-0.05, 0) is 35.0 Å². The van der Waals surface area contributed by atoms with Crippen molar-refractivity contribution in [1.29, 1.82) is 0 Å². The second kappa shape index (κ2) is 6.63. The van der Waals surface area contributed by atoms with E-state index in [1.807, 2.05) is 48.5 Å². The van der Waals surface area contributed by atoms with Crippen molar-refractivity contribution in [1.82, 2.24) is 10.2 Å². The van der Waals surface area contributed by atoms with Gasteiger partial charge in [0, 0.05) is 16.1 Å². The lowest BCUT2D eigenvalue weighted by Gasteiger charge is -2.03. The van der Waals surface area contributed by atoms with Crippen LogP contribution < -0.4 is 5.32 Å². The van der Waals surface area contributed by atoms with Gasteiger partial charge in [-0.25, -0.2) is 0 Å². The molecule has 0 aliphatic rings. The summed E-state index contributed by atoms with van der Waals surface area (Å²) in [5.41, 5.74) is 1.50. The number of halogens is 1. The standard InChI is InChI=1S/C19H12ClN3OS/c20-16-9-7-13(8-10-16)18-22-23-19(25-18)21-17(24)15-6-5-12-3-1-2-4-14(12)11-15/h1-11H,(H,21,23,24). The minimum Gasteiger partial charge on any atom is -0.296 e. The van der Waals surface area contributed by atoms with Gasteiger partial charge in [0.15, 0.2) is 0 Å². The van der Waals surface area contributed by atoms with Crippen molar-refractivity contribution in [3.63, 3.8) is 0 Å². The number of anilines is 1. The molecule has 0 atom stereocenters. The van der Waals surface area contributed by atoms with Gasteiger partial charge >= 0.3 is 0 Å². The zero-order chi connectivity index (χ0) is 17.2. The maximum atomic E-state index is 12.5. The van der Waals surface area contributed by atoms with E-state index in [0.29, 0.717) is 15.7 Å². The number of hydrogen-bond acceptors (Lipinski definition) is 4. The van der Waals surface area contributed by atoms with E-state index in [-0.39, 0.29) is 5.91 Å². The lowest BCUT2D eigenvalue weighted by molar-refractivity contribution is 0.102. The van der Waals surface area contributed by atoms with Gasteiger partial charge in [-0.15, -0.1) is 10.2 Å². The number of amides is 1. The number of benzene rings is 3. The topological polar surface area (TPSA) is 54.9 Å². The van der Waals surface area contributed by atoms with Gasteiger partial charge in [0.2, 0.25) is 5.13 Å². The third-order valence-electron chi connectivity index (χ3n) is 3.75. The van der Waals surface area contributed by atoms with Crippen LogP contribution in [0.15, 0.2) is 66.7 Å². The van der Waals surface area contributed by atoms with Crippen molar-refractivity contribution in [3.8, 4) is 10.6 Å². The normalized spacial score (nSPS) is 10.8. The average molecular weight is 366 g/mol. The lowest BCUT2D eigenvalue weighted by Crippen LogP contribution is -2.11. The van der Waals surface area contributed by atoms with Crippen molar-refractivity contribution in [2.45, 2.75) is 0 Å². The van der Waals surface area contributed by atoms with E-state index in [1.165, 1.54) is 11.3 Å². The number of carbonyl (C=O) groups excluding carboxylic acids is 1. The van der Waals surface area contributed by atoms with Crippen LogP contribution in [-0.2, 0) is 0 Å². The Morgan fingerprint density at radius 1 is 0.920 bits per heavy atom. The molecule has 4 nitrogen and oxygen atoms in total. The molecule has 1 amide bonds. The third kappa shape index (κ3) is 3.38. The van der Waals surface area contributed by atoms with Crippen molar-refractivity contribution in [2.24, 2.45) is 0 Å². The van der Waals surface area contributed by atoms with E-state index >= 15 is 0 Å². The van der Waals surface area contributed by atoms with Gasteiger partial charge < -0.3 is 0 Å². The molecule has 122 valence electrons. The summed E-state index contributed by atoms with van der Waals surface area (Å²) in [4.78, 5) is 12.5. The molecule has 4 aromatic rings. The highest BCUT2D eigenvalue weighted by molar-refractivity contribution is 7.18. The van der Waals surface area contributed by atoms with Gasteiger partial charge in [-0.2, -0.15) is 0 Å². The molecule has 1 heterocycles. The molecule has 1 aromatic heterocycles. The molecule has 0 spiro atoms. The molecule has 0 bridgehead atoms. The van der Waals surface area contributed by atoms with Crippen LogP contribution in [0.4, 0.5) is 5.13 Å². The molecule has 4 rings (SSSR count). The highest BCUT2D eigenvalue weighted by atomic mass is 35.5. The molecular formula is C19H12ClN3OS. The van der Waals surface area contributed by atoms with Crippen LogP contribution in [0.25, 0.3) is 21.3 Å². The molecule has 3 aromatic carbocycles. The zero-order valence-corrected chi connectivity index (χ0v) is 14.5. The van der Waals surface area contributed by atoms with Crippen molar-refractivity contribution >= 4 is 44.7 Å². The summed E-state index contributed by atoms with van der Waals surface area (Å²) in [6.45, 7) is 0. The van der Waals surface area contributed by atoms with E-state index in [0.717, 1.165) is 21.3 Å². The third-order valence-corrected chi connectivity index (χ3v) is 4.89. The minimum atomic E-state index is -0.204. The summed E-state index contributed by atoms with van der Waals surface area (Å²) < 4.78 is 0. The van der Waals surface area contributed by atoms with E-state index in [2.05, 4.69) is 15.5 Å². The van der Waals surface area contributed by atoms with Gasteiger partial charge in [-0.1, -0.05) is 65.4 Å². The molecule has 0 unspecified atom stereocenters. The summed E-state index contributed by atoms with van der Waals surface area (Å²) in [5.74, 6) is -0.204. The van der Waals surface area contributed by atoms with Crippen LogP contribution in [0.5, 0.6) is 0 Å². The second-order valence-electron chi connectivity index (χ2n) is 5.44. The Morgan fingerprint density at radius 2 is 1.68 bits per heavy atom. The molecule has 0 aliphatic heterocycles. The van der Waals surface area contributed by atoms with Gasteiger partial charge in [0.1, 0.15) is 5.01 Å². The highest BCUT2D eigenvalue weighted by Crippen LogP contribution is 2.27. The van der Waals surface area contributed by atoms with E-state index in [9.17, 15) is 4.79 Å². The fourth-order valence-electron chi connectivity index (χ4n) is 2.48. The van der Waals surface area contributed by atoms with E-state index in [1.54, 1.807) is 18.2 Å². The first-order valence-electron chi connectivity index (χ1n) is 7.59. The predicted octanol–water partition coefficient (Wildman–Crippen LogP) is 5.26. The van der Waals surface area contributed by atoms with Gasteiger partial charge in [0.05, 0.1) is 0 Å². The second-order valence-corrected chi connectivity index (χ2v) is 6.85. The van der Waals surface area contributed by atoms with Gasteiger partial charge in [-0.3, -0.25) is 10.1 Å². The molecule has 25 heavy (non-hydrogen) atoms. The fraction of sp³-hybridized carbons (Fsp3) is 0. The zero-order valence-electron chi connectivity index (χ0n) is 12.9. The van der Waals surface area contributed by atoms with Crippen LogP contribution in [0.1, 0.15) is 10.4 Å². The maximum absolute atomic E-state index is 12.5. The minimum absolute atomic E-state index is 0.204. The van der Waals surface area contributed by atoms with E-state index in [4.69, 9.17) is 11.6 Å². The number of nitrogens with zero attached hydrogens (tertiary/aromatic N) is 2. The maximum Gasteiger partial charge on any atom is 0.257 e. The Labute approximate surface area is 153 Å². The molecule has 0 aliphatic carbocycles. The molecule has 0 saturated carbocycles. The molecule has 0 saturated heterocycles. The molecule has 1 N–H and O–H groups in total. The van der Waals surface area contributed by atoms with Crippen molar-refractivity contribution in [3.05, 3.63) is 77.3 Å². The number of nitrogens with one attached hydrogen (secondary N) is 1. The van der Waals surface area contributed by atoms with Crippen LogP contribution in [0.2, 0.25) is 5.02 Å². The smallest absolute Gasteiger partial charge is 0.257 e. The van der Waals surface area contributed by atoms with Crippen LogP contribution >= 0.6 is 22.9 Å². The predicted molar refractivity (Wildman–Crippen MR) is 102 cm³/mol. The molecular weight excluding hydrogens is 354 g/mol. The Balaban J connectivity index is 1.55. The molecule has 0 fully saturated rings. The number of fused-ring (bicyclic) bond motifs is 1. The number of aromatic nitrogens is 2. The van der Waals surface area contributed by atoms with Crippen LogP contribution in [0.3, 0.4) is 0 Å². The quantitative estimate of drug-likeness (QED) is 0.538.